The minimum Gasteiger partial charge on any atom is -0.309 e. The molecule has 0 amide bonds. The first-order chi connectivity index (χ1) is 32.6. The van der Waals surface area contributed by atoms with E-state index in [-0.39, 0.29) is 5.41 Å². The summed E-state index contributed by atoms with van der Waals surface area (Å²) in [5.41, 5.74) is 18.5. The van der Waals surface area contributed by atoms with E-state index in [9.17, 15) is 0 Å². The van der Waals surface area contributed by atoms with E-state index in [0.29, 0.717) is 35.2 Å². The Labute approximate surface area is 385 Å². The summed E-state index contributed by atoms with van der Waals surface area (Å²) >= 11 is 0. The molecule has 4 nitrogen and oxygen atoms in total. The Morgan fingerprint density at radius 3 is 1.76 bits per heavy atom. The van der Waals surface area contributed by atoms with Crippen LogP contribution in [0.25, 0.3) is 95.0 Å². The first kappa shape index (κ1) is 37.7. The molecule has 5 unspecified atom stereocenters. The van der Waals surface area contributed by atoms with Crippen LogP contribution in [0.1, 0.15) is 37.3 Å². The number of allylic oxidation sites excluding steroid dienone is 2. The Kier molecular flexibility index (Phi) is 8.22. The summed E-state index contributed by atoms with van der Waals surface area (Å²) in [6.45, 7) is 2.45. The second-order valence-corrected chi connectivity index (χ2v) is 19.3. The molecule has 2 heterocycles. The molecule has 14 rings (SSSR count). The zero-order valence-corrected chi connectivity index (χ0v) is 36.8. The lowest BCUT2D eigenvalue weighted by Gasteiger charge is -2.55. The van der Waals surface area contributed by atoms with Crippen molar-refractivity contribution in [2.24, 2.45) is 23.7 Å². The van der Waals surface area contributed by atoms with Crippen molar-refractivity contribution >= 4 is 21.8 Å². The summed E-state index contributed by atoms with van der Waals surface area (Å²) in [5, 5.41) is 2.45. The van der Waals surface area contributed by atoms with Gasteiger partial charge in [-0.25, -0.2) is 15.0 Å². The molecule has 5 atom stereocenters. The van der Waals surface area contributed by atoms with Gasteiger partial charge in [0.05, 0.1) is 11.0 Å². The minimum atomic E-state index is -0.0577. The molecule has 4 heteroatoms. The van der Waals surface area contributed by atoms with Crippen LogP contribution in [0.2, 0.25) is 0 Å². The highest BCUT2D eigenvalue weighted by Crippen LogP contribution is 2.73. The van der Waals surface area contributed by atoms with E-state index < -0.39 is 0 Å². The Morgan fingerprint density at radius 2 is 1.02 bits per heavy atom. The summed E-state index contributed by atoms with van der Waals surface area (Å²) in [6.07, 6.45) is 6.68. The lowest BCUT2D eigenvalue weighted by atomic mass is 9.47. The van der Waals surface area contributed by atoms with Gasteiger partial charge in [0.2, 0.25) is 0 Å². The van der Waals surface area contributed by atoms with E-state index in [1.165, 1.54) is 68.9 Å². The molecular weight excluding hydrogens is 801 g/mol. The third-order valence-electron chi connectivity index (χ3n) is 15.6. The molecule has 314 valence electrons. The lowest BCUT2D eigenvalue weighted by molar-refractivity contribution is 0.193. The van der Waals surface area contributed by atoms with Crippen molar-refractivity contribution < 1.29 is 0 Å². The van der Waals surface area contributed by atoms with Crippen molar-refractivity contribution in [1.29, 1.82) is 0 Å². The zero-order valence-electron chi connectivity index (χ0n) is 36.8. The third-order valence-corrected chi connectivity index (χ3v) is 15.6. The molecule has 0 radical (unpaired) electrons. The summed E-state index contributed by atoms with van der Waals surface area (Å²) < 4.78 is 2.38. The number of fused-ring (bicyclic) bond motifs is 11. The van der Waals surface area contributed by atoms with Gasteiger partial charge in [0.25, 0.3) is 0 Å². The maximum Gasteiger partial charge on any atom is 0.164 e. The minimum absolute atomic E-state index is 0.0577. The molecule has 8 aromatic carbocycles. The van der Waals surface area contributed by atoms with E-state index in [2.05, 4.69) is 175 Å². The number of rotatable bonds is 6. The van der Waals surface area contributed by atoms with Gasteiger partial charge in [-0.1, -0.05) is 158 Å². The van der Waals surface area contributed by atoms with E-state index in [0.717, 1.165) is 45.0 Å². The van der Waals surface area contributed by atoms with Gasteiger partial charge in [-0.3, -0.25) is 0 Å². The normalized spacial score (nSPS) is 21.1. The monoisotopic (exact) mass is 846 g/mol. The number of nitrogens with zero attached hydrogens (tertiary/aromatic N) is 4. The molecule has 2 bridgehead atoms. The molecule has 4 aliphatic carbocycles. The van der Waals surface area contributed by atoms with Gasteiger partial charge < -0.3 is 4.57 Å². The summed E-state index contributed by atoms with van der Waals surface area (Å²) in [6, 6.07) is 70.7. The maximum atomic E-state index is 5.27. The molecule has 10 aromatic rings. The topological polar surface area (TPSA) is 43.6 Å². The van der Waals surface area contributed by atoms with Gasteiger partial charge in [-0.15, -0.1) is 0 Å². The van der Waals surface area contributed by atoms with Crippen LogP contribution in [0.15, 0.2) is 206 Å². The van der Waals surface area contributed by atoms with Crippen LogP contribution in [0.5, 0.6) is 0 Å². The first-order valence-corrected chi connectivity index (χ1v) is 23.7. The lowest BCUT2D eigenvalue weighted by Crippen LogP contribution is -2.51. The van der Waals surface area contributed by atoms with Gasteiger partial charge in [-0.05, 0) is 142 Å². The predicted molar refractivity (Wildman–Crippen MR) is 269 cm³/mol. The Bertz CT molecular complexity index is 3550. The Hall–Kier alpha value is -7.69. The summed E-state index contributed by atoms with van der Waals surface area (Å²) in [7, 11) is 0. The van der Waals surface area contributed by atoms with Crippen LogP contribution in [0.3, 0.4) is 0 Å². The van der Waals surface area contributed by atoms with Gasteiger partial charge in [-0.2, -0.15) is 0 Å². The maximum absolute atomic E-state index is 5.27. The van der Waals surface area contributed by atoms with Gasteiger partial charge in [0.15, 0.2) is 17.5 Å². The second kappa shape index (κ2) is 14.4. The van der Waals surface area contributed by atoms with E-state index in [4.69, 9.17) is 15.0 Å². The van der Waals surface area contributed by atoms with Crippen molar-refractivity contribution in [2.45, 2.75) is 31.6 Å². The van der Waals surface area contributed by atoms with Crippen molar-refractivity contribution in [3.63, 3.8) is 0 Å². The molecular formula is C62H46N4. The van der Waals surface area contributed by atoms with Crippen LogP contribution in [0, 0.1) is 23.7 Å². The fraction of sp³-hybridized carbons (Fsp3) is 0.145. The molecule has 66 heavy (non-hydrogen) atoms. The second-order valence-electron chi connectivity index (χ2n) is 19.3. The average molecular weight is 847 g/mol. The SMILES string of the molecule is CC1C=C2C3CC(C1)CC3C21c2ccccc2-c2ccc(-c3cc(-c4ccc5c(c4)c4ccccc4n5-c4ccccc4)cc(-c4nc(-c5ccccc5)nc(-c5ccccc5)n4)c3)cc21. The molecule has 2 saturated carbocycles. The Morgan fingerprint density at radius 1 is 0.439 bits per heavy atom. The Balaban J connectivity index is 0.997. The van der Waals surface area contributed by atoms with Crippen molar-refractivity contribution in [2.75, 3.05) is 0 Å². The number of aromatic nitrogens is 4. The van der Waals surface area contributed by atoms with Crippen LogP contribution in [-0.4, -0.2) is 19.5 Å². The van der Waals surface area contributed by atoms with Crippen molar-refractivity contribution in [3.05, 3.63) is 217 Å². The molecule has 2 aromatic heterocycles. The fourth-order valence-electron chi connectivity index (χ4n) is 13.0. The molecule has 0 saturated heterocycles. The van der Waals surface area contributed by atoms with Gasteiger partial charge in [0, 0.05) is 38.6 Å². The fourth-order valence-corrected chi connectivity index (χ4v) is 13.0. The standard InChI is InChI=1S/C62H46N4/c1-38-29-39-31-52-54(30-38)62(55(52)32-39)53-23-13-11-21-48(53)49-27-25-43(37-56(49)62)45-33-44(42-26-28-58-51(36-42)50-22-12-14-24-57(50)66(58)47-19-9-4-10-20-47)34-46(35-45)61-64-59(40-15-5-2-6-16-40)63-60(65-61)41-17-7-3-8-18-41/h2-28,30,33-39,52,55H,29,31-32H2,1H3. The molecule has 4 aliphatic rings. The average Bonchev–Trinajstić information content (AvgIpc) is 3.99. The van der Waals surface area contributed by atoms with Crippen LogP contribution in [0.4, 0.5) is 0 Å². The smallest absolute Gasteiger partial charge is 0.164 e. The highest BCUT2D eigenvalue weighted by Gasteiger charge is 2.66. The summed E-state index contributed by atoms with van der Waals surface area (Å²) in [4.78, 5) is 15.6. The van der Waals surface area contributed by atoms with E-state index in [1.54, 1.807) is 5.57 Å². The number of hydrogen-bond acceptors (Lipinski definition) is 3. The third kappa shape index (κ3) is 5.54. The number of para-hydroxylation sites is 2. The van der Waals surface area contributed by atoms with Crippen molar-refractivity contribution in [3.8, 4) is 73.2 Å². The largest absolute Gasteiger partial charge is 0.309 e. The first-order valence-electron chi connectivity index (χ1n) is 23.7. The molecule has 2 fully saturated rings. The predicted octanol–water partition coefficient (Wildman–Crippen LogP) is 15.2. The van der Waals surface area contributed by atoms with Gasteiger partial charge >= 0.3 is 0 Å². The van der Waals surface area contributed by atoms with Crippen LogP contribution < -0.4 is 0 Å². The molecule has 0 N–H and O–H groups in total. The molecule has 1 spiro atoms. The highest BCUT2D eigenvalue weighted by molar-refractivity contribution is 6.10. The van der Waals surface area contributed by atoms with E-state index >= 15 is 0 Å². The van der Waals surface area contributed by atoms with Crippen LogP contribution >= 0.6 is 0 Å². The van der Waals surface area contributed by atoms with Gasteiger partial charge in [0.1, 0.15) is 0 Å². The number of benzene rings is 8. The highest BCUT2D eigenvalue weighted by atomic mass is 15.0. The summed E-state index contributed by atoms with van der Waals surface area (Å²) in [5.74, 6) is 4.71. The number of hydrogen-bond donors (Lipinski definition) is 0. The zero-order chi connectivity index (χ0) is 43.5. The molecule has 0 aliphatic heterocycles. The van der Waals surface area contributed by atoms with Crippen molar-refractivity contribution in [1.82, 2.24) is 19.5 Å². The van der Waals surface area contributed by atoms with Crippen LogP contribution in [-0.2, 0) is 5.41 Å². The van der Waals surface area contributed by atoms with E-state index in [1.807, 2.05) is 36.4 Å². The quantitative estimate of drug-likeness (QED) is 0.157.